The van der Waals surface area contributed by atoms with Gasteiger partial charge >= 0.3 is 5.76 Å². The Kier molecular flexibility index (Phi) is 4.68. The molecule has 1 aromatic carbocycles. The average molecular weight is 399 g/mol. The number of aromatic nitrogens is 1. The van der Waals surface area contributed by atoms with Crippen LogP contribution in [0.1, 0.15) is 52.2 Å². The third-order valence-corrected chi connectivity index (χ3v) is 5.75. The number of benzene rings is 1. The van der Waals surface area contributed by atoms with E-state index in [4.69, 9.17) is 4.42 Å². The molecule has 0 aliphatic heterocycles. The van der Waals surface area contributed by atoms with Crippen molar-refractivity contribution < 1.29 is 23.9 Å². The summed E-state index contributed by atoms with van der Waals surface area (Å²) < 4.78 is 6.73. The second-order valence-electron chi connectivity index (χ2n) is 8.57. The SMILES string of the molecule is CCCn1c(=O)oc2ccc(C(O)=C3C(=O)C(C)(C)C(=O)C(C)(C)C3=O)c(C)c21. The van der Waals surface area contributed by atoms with Crippen LogP contribution in [0.3, 0.4) is 0 Å². The Hall–Kier alpha value is -2.96. The van der Waals surface area contributed by atoms with Gasteiger partial charge in [0.05, 0.1) is 16.3 Å². The fourth-order valence-electron chi connectivity index (χ4n) is 4.08. The zero-order valence-corrected chi connectivity index (χ0v) is 17.5. The molecule has 0 saturated heterocycles. The highest BCUT2D eigenvalue weighted by atomic mass is 16.4. The molecule has 1 saturated carbocycles. The van der Waals surface area contributed by atoms with Gasteiger partial charge in [-0.15, -0.1) is 0 Å². The molecule has 1 aromatic heterocycles. The third-order valence-electron chi connectivity index (χ3n) is 5.75. The minimum atomic E-state index is -1.43. The van der Waals surface area contributed by atoms with E-state index in [1.165, 1.54) is 44.4 Å². The number of Topliss-reactive ketones (excluding diaryl/α,β-unsaturated/α-hetero) is 3. The molecule has 0 unspecified atom stereocenters. The zero-order chi connectivity index (χ0) is 21.9. The van der Waals surface area contributed by atoms with Crippen molar-refractivity contribution in [2.24, 2.45) is 10.8 Å². The van der Waals surface area contributed by atoms with Gasteiger partial charge in [0.25, 0.3) is 0 Å². The van der Waals surface area contributed by atoms with Crippen LogP contribution in [0.15, 0.2) is 26.9 Å². The number of ketones is 3. The molecule has 29 heavy (non-hydrogen) atoms. The van der Waals surface area contributed by atoms with Gasteiger partial charge in [0, 0.05) is 12.1 Å². The summed E-state index contributed by atoms with van der Waals surface area (Å²) in [6.45, 7) is 9.89. The van der Waals surface area contributed by atoms with E-state index in [1.54, 1.807) is 6.92 Å². The summed E-state index contributed by atoms with van der Waals surface area (Å²) in [6, 6.07) is 3.04. The van der Waals surface area contributed by atoms with Crippen molar-refractivity contribution in [1.82, 2.24) is 4.57 Å². The van der Waals surface area contributed by atoms with Gasteiger partial charge in [-0.2, -0.15) is 0 Å². The number of aliphatic hydroxyl groups is 1. The minimum absolute atomic E-state index is 0.251. The van der Waals surface area contributed by atoms with Crippen molar-refractivity contribution in [3.05, 3.63) is 39.4 Å². The molecule has 3 rings (SSSR count). The number of allylic oxidation sites excluding steroid dienone is 1. The molecule has 7 heteroatoms. The summed E-state index contributed by atoms with van der Waals surface area (Å²) in [5.41, 5.74) is -1.61. The summed E-state index contributed by atoms with van der Waals surface area (Å²) in [4.78, 5) is 50.8. The number of aliphatic hydroxyl groups excluding tert-OH is 1. The van der Waals surface area contributed by atoms with Crippen LogP contribution < -0.4 is 5.76 Å². The molecule has 0 spiro atoms. The number of nitrogens with zero attached hydrogens (tertiary/aromatic N) is 1. The maximum atomic E-state index is 13.0. The number of oxazole rings is 1. The normalized spacial score (nSPS) is 18.6. The van der Waals surface area contributed by atoms with Gasteiger partial charge in [0.2, 0.25) is 0 Å². The lowest BCUT2D eigenvalue weighted by atomic mass is 9.60. The first kappa shape index (κ1) is 20.8. The highest BCUT2D eigenvalue weighted by Crippen LogP contribution is 2.43. The number of hydrogen-bond donors (Lipinski definition) is 1. The van der Waals surface area contributed by atoms with Crippen LogP contribution in [-0.4, -0.2) is 27.0 Å². The van der Waals surface area contributed by atoms with E-state index >= 15 is 0 Å². The number of rotatable bonds is 3. The summed E-state index contributed by atoms with van der Waals surface area (Å²) in [6.07, 6.45) is 0.701. The van der Waals surface area contributed by atoms with Gasteiger partial charge in [0.1, 0.15) is 11.3 Å². The van der Waals surface area contributed by atoms with Crippen LogP contribution in [0.5, 0.6) is 0 Å². The molecule has 2 aromatic rings. The highest BCUT2D eigenvalue weighted by molar-refractivity contribution is 6.40. The Morgan fingerprint density at radius 2 is 1.59 bits per heavy atom. The average Bonchev–Trinajstić information content (AvgIpc) is 2.96. The van der Waals surface area contributed by atoms with Crippen molar-refractivity contribution >= 4 is 34.2 Å². The molecule has 0 radical (unpaired) electrons. The molecule has 1 aliphatic rings. The molecular formula is C22H25NO6. The van der Waals surface area contributed by atoms with Crippen LogP contribution in [0.2, 0.25) is 0 Å². The number of hydrogen-bond acceptors (Lipinski definition) is 6. The van der Waals surface area contributed by atoms with Crippen molar-refractivity contribution in [3.8, 4) is 0 Å². The monoisotopic (exact) mass is 399 g/mol. The Bertz CT molecular complexity index is 1120. The number of carbonyl (C=O) groups is 3. The van der Waals surface area contributed by atoms with E-state index < -0.39 is 39.7 Å². The van der Waals surface area contributed by atoms with Crippen molar-refractivity contribution in [2.45, 2.75) is 54.5 Å². The Labute approximate surface area is 168 Å². The molecule has 1 aliphatic carbocycles. The summed E-state index contributed by atoms with van der Waals surface area (Å²) >= 11 is 0. The largest absolute Gasteiger partial charge is 0.506 e. The summed E-state index contributed by atoms with van der Waals surface area (Å²) in [5, 5.41) is 11.0. The fourth-order valence-corrected chi connectivity index (χ4v) is 4.08. The molecule has 1 heterocycles. The molecule has 0 amide bonds. The topological polar surface area (TPSA) is 107 Å². The maximum Gasteiger partial charge on any atom is 0.419 e. The second-order valence-corrected chi connectivity index (χ2v) is 8.57. The molecule has 0 bridgehead atoms. The lowest BCUT2D eigenvalue weighted by Crippen LogP contribution is -2.54. The molecule has 7 nitrogen and oxygen atoms in total. The van der Waals surface area contributed by atoms with Gasteiger partial charge in [-0.05, 0) is 58.7 Å². The van der Waals surface area contributed by atoms with E-state index in [9.17, 15) is 24.3 Å². The number of aryl methyl sites for hydroxylation is 2. The number of carbonyl (C=O) groups excluding carboxylic acids is 3. The van der Waals surface area contributed by atoms with Gasteiger partial charge < -0.3 is 9.52 Å². The van der Waals surface area contributed by atoms with E-state index in [0.717, 1.165) is 0 Å². The first-order valence-electron chi connectivity index (χ1n) is 9.58. The van der Waals surface area contributed by atoms with Gasteiger partial charge in [-0.1, -0.05) is 6.92 Å². The van der Waals surface area contributed by atoms with Crippen LogP contribution in [0.25, 0.3) is 16.9 Å². The van der Waals surface area contributed by atoms with Crippen molar-refractivity contribution in [3.63, 3.8) is 0 Å². The molecular weight excluding hydrogens is 374 g/mol. The Balaban J connectivity index is 2.32. The smallest absolute Gasteiger partial charge is 0.419 e. The minimum Gasteiger partial charge on any atom is -0.506 e. The lowest BCUT2D eigenvalue weighted by Gasteiger charge is -2.37. The molecule has 0 atom stereocenters. The van der Waals surface area contributed by atoms with Crippen LogP contribution in [0, 0.1) is 17.8 Å². The van der Waals surface area contributed by atoms with Crippen molar-refractivity contribution in [2.75, 3.05) is 0 Å². The van der Waals surface area contributed by atoms with Crippen LogP contribution in [0.4, 0.5) is 0 Å². The molecule has 1 fully saturated rings. The van der Waals surface area contributed by atoms with Crippen molar-refractivity contribution in [1.29, 1.82) is 0 Å². The third kappa shape index (κ3) is 2.79. The molecule has 1 N–H and O–H groups in total. The van der Waals surface area contributed by atoms with Gasteiger partial charge in [-0.25, -0.2) is 4.79 Å². The first-order chi connectivity index (χ1) is 13.4. The van der Waals surface area contributed by atoms with E-state index in [0.29, 0.717) is 29.6 Å². The van der Waals surface area contributed by atoms with Gasteiger partial charge in [-0.3, -0.25) is 19.0 Å². The molecule has 154 valence electrons. The van der Waals surface area contributed by atoms with Crippen LogP contribution in [-0.2, 0) is 20.9 Å². The first-order valence-corrected chi connectivity index (χ1v) is 9.58. The predicted molar refractivity (Wildman–Crippen MR) is 108 cm³/mol. The fraction of sp³-hybridized carbons (Fsp3) is 0.455. The Morgan fingerprint density at radius 3 is 2.10 bits per heavy atom. The van der Waals surface area contributed by atoms with E-state index in [1.807, 2.05) is 6.92 Å². The lowest BCUT2D eigenvalue weighted by molar-refractivity contribution is -0.151. The van der Waals surface area contributed by atoms with E-state index in [2.05, 4.69) is 0 Å². The standard InChI is InChI=1S/C22H25NO6/c1-7-10-23-15-11(2)12(8-9-13(15)29-20(23)28)16(24)14-17(25)21(3,4)19(27)22(5,6)18(14)26/h8-9,24H,7,10H2,1-6H3. The maximum absolute atomic E-state index is 13.0. The highest BCUT2D eigenvalue weighted by Gasteiger charge is 2.56. The Morgan fingerprint density at radius 1 is 1.03 bits per heavy atom. The second kappa shape index (κ2) is 6.54. The summed E-state index contributed by atoms with van der Waals surface area (Å²) in [5.74, 6) is -2.88. The quantitative estimate of drug-likeness (QED) is 0.367. The summed E-state index contributed by atoms with van der Waals surface area (Å²) in [7, 11) is 0. The van der Waals surface area contributed by atoms with E-state index in [-0.39, 0.29) is 11.1 Å². The number of fused-ring (bicyclic) bond motifs is 1. The zero-order valence-electron chi connectivity index (χ0n) is 17.5. The van der Waals surface area contributed by atoms with Crippen LogP contribution >= 0.6 is 0 Å². The van der Waals surface area contributed by atoms with Gasteiger partial charge in [0.15, 0.2) is 22.9 Å². The predicted octanol–water partition coefficient (Wildman–Crippen LogP) is 3.36.